The number of ether oxygens (including phenoxy) is 1. The number of rotatable bonds is 2. The van der Waals surface area contributed by atoms with Crippen LogP contribution in [0.2, 0.25) is 5.02 Å². The fourth-order valence-electron chi connectivity index (χ4n) is 2.00. The van der Waals surface area contributed by atoms with Gasteiger partial charge in [-0.15, -0.1) is 0 Å². The Morgan fingerprint density at radius 1 is 1.64 bits per heavy atom. The first-order valence-electron chi connectivity index (χ1n) is 4.65. The summed E-state index contributed by atoms with van der Waals surface area (Å²) in [5.41, 5.74) is 0. The van der Waals surface area contributed by atoms with Crippen LogP contribution in [0.15, 0.2) is 6.20 Å². The molecule has 0 aromatic carbocycles. The average Bonchev–Trinajstić information content (AvgIpc) is 2.73. The van der Waals surface area contributed by atoms with Gasteiger partial charge >= 0.3 is 0 Å². The average molecular weight is 327 g/mol. The Hall–Kier alpha value is 0.190. The van der Waals surface area contributed by atoms with Gasteiger partial charge in [-0.3, -0.25) is 4.68 Å². The second-order valence-electron chi connectivity index (χ2n) is 3.52. The molecule has 2 atom stereocenters. The predicted molar refractivity (Wildman–Crippen MR) is 63.6 cm³/mol. The highest BCUT2D eigenvalue weighted by Gasteiger charge is 2.29. The van der Waals surface area contributed by atoms with E-state index in [0.717, 1.165) is 21.6 Å². The van der Waals surface area contributed by atoms with Crippen LogP contribution in [0, 0.1) is 3.70 Å². The molecule has 1 aromatic heterocycles. The second-order valence-corrected chi connectivity index (χ2v) is 4.95. The normalized spacial score (nSPS) is 27.1. The predicted octanol–water partition coefficient (Wildman–Crippen LogP) is 2.88. The molecule has 1 aromatic rings. The molecule has 0 spiro atoms. The molecular weight excluding hydrogens is 314 g/mol. The Balaban J connectivity index is 2.21. The van der Waals surface area contributed by atoms with Crippen LogP contribution in [-0.2, 0) is 4.74 Å². The Morgan fingerprint density at radius 3 is 3.00 bits per heavy atom. The van der Waals surface area contributed by atoms with Crippen molar-refractivity contribution in [3.63, 3.8) is 0 Å². The molecule has 0 saturated heterocycles. The first-order valence-corrected chi connectivity index (χ1v) is 6.11. The topological polar surface area (TPSA) is 27.1 Å². The third-order valence-electron chi connectivity index (χ3n) is 2.71. The van der Waals surface area contributed by atoms with E-state index in [1.165, 1.54) is 6.42 Å². The Bertz CT molecular complexity index is 309. The van der Waals surface area contributed by atoms with Crippen LogP contribution < -0.4 is 0 Å². The van der Waals surface area contributed by atoms with Crippen LogP contribution in [0.25, 0.3) is 0 Å². The number of aromatic nitrogens is 2. The summed E-state index contributed by atoms with van der Waals surface area (Å²) in [5.74, 6) is 0. The smallest absolute Gasteiger partial charge is 0.141 e. The van der Waals surface area contributed by atoms with Gasteiger partial charge in [-0.25, -0.2) is 0 Å². The summed E-state index contributed by atoms with van der Waals surface area (Å²) in [6.45, 7) is 0. The number of hydrogen-bond donors (Lipinski definition) is 0. The second kappa shape index (κ2) is 4.37. The molecule has 2 unspecified atom stereocenters. The molecule has 1 saturated carbocycles. The van der Waals surface area contributed by atoms with Gasteiger partial charge in [0, 0.05) is 13.3 Å². The van der Waals surface area contributed by atoms with Crippen molar-refractivity contribution in [2.75, 3.05) is 7.11 Å². The molecule has 78 valence electrons. The van der Waals surface area contributed by atoms with Crippen molar-refractivity contribution in [3.05, 3.63) is 14.9 Å². The van der Waals surface area contributed by atoms with E-state index in [9.17, 15) is 0 Å². The molecule has 5 heteroatoms. The van der Waals surface area contributed by atoms with Crippen molar-refractivity contribution in [2.24, 2.45) is 0 Å². The highest BCUT2D eigenvalue weighted by Crippen LogP contribution is 2.32. The SMILES string of the molecule is COC1CCCC1n1cc(Cl)c(I)n1. The summed E-state index contributed by atoms with van der Waals surface area (Å²) in [7, 11) is 1.76. The van der Waals surface area contributed by atoms with Crippen molar-refractivity contribution in [1.82, 2.24) is 9.78 Å². The zero-order valence-corrected chi connectivity index (χ0v) is 10.8. The van der Waals surface area contributed by atoms with Crippen molar-refractivity contribution < 1.29 is 4.74 Å². The molecular formula is C9H12ClIN2O. The lowest BCUT2D eigenvalue weighted by Crippen LogP contribution is -2.20. The molecule has 1 aliphatic carbocycles. The highest BCUT2D eigenvalue weighted by atomic mass is 127. The van der Waals surface area contributed by atoms with Gasteiger partial charge in [-0.2, -0.15) is 5.10 Å². The molecule has 2 rings (SSSR count). The van der Waals surface area contributed by atoms with E-state index in [4.69, 9.17) is 16.3 Å². The number of nitrogens with zero attached hydrogens (tertiary/aromatic N) is 2. The first kappa shape index (κ1) is 10.7. The van der Waals surface area contributed by atoms with Gasteiger partial charge in [0.2, 0.25) is 0 Å². The van der Waals surface area contributed by atoms with E-state index in [1.54, 1.807) is 7.11 Å². The molecule has 1 heterocycles. The fraction of sp³-hybridized carbons (Fsp3) is 0.667. The summed E-state index contributed by atoms with van der Waals surface area (Å²) in [6.07, 6.45) is 5.64. The lowest BCUT2D eigenvalue weighted by atomic mass is 10.2. The number of hydrogen-bond acceptors (Lipinski definition) is 2. The Morgan fingerprint density at radius 2 is 2.43 bits per heavy atom. The van der Waals surface area contributed by atoms with Crippen molar-refractivity contribution in [2.45, 2.75) is 31.4 Å². The van der Waals surface area contributed by atoms with Crippen LogP contribution in [-0.4, -0.2) is 23.0 Å². The number of halogens is 2. The minimum Gasteiger partial charge on any atom is -0.379 e. The molecule has 0 aliphatic heterocycles. The van der Waals surface area contributed by atoms with Gasteiger partial charge in [0.25, 0.3) is 0 Å². The Kier molecular flexibility index (Phi) is 3.34. The minimum atomic E-state index is 0.293. The molecule has 0 bridgehead atoms. The van der Waals surface area contributed by atoms with E-state index >= 15 is 0 Å². The largest absolute Gasteiger partial charge is 0.379 e. The zero-order chi connectivity index (χ0) is 10.1. The van der Waals surface area contributed by atoms with Gasteiger partial charge in [-0.05, 0) is 41.9 Å². The van der Waals surface area contributed by atoms with Gasteiger partial charge < -0.3 is 4.74 Å². The van der Waals surface area contributed by atoms with Gasteiger partial charge in [-0.1, -0.05) is 11.6 Å². The van der Waals surface area contributed by atoms with Crippen LogP contribution in [0.5, 0.6) is 0 Å². The van der Waals surface area contributed by atoms with Crippen molar-refractivity contribution in [1.29, 1.82) is 0 Å². The minimum absolute atomic E-state index is 0.293. The Labute approximate surface area is 102 Å². The molecule has 3 nitrogen and oxygen atoms in total. The monoisotopic (exact) mass is 326 g/mol. The lowest BCUT2D eigenvalue weighted by molar-refractivity contribution is 0.0707. The van der Waals surface area contributed by atoms with Gasteiger partial charge in [0.15, 0.2) is 0 Å². The van der Waals surface area contributed by atoms with Crippen LogP contribution in [0.3, 0.4) is 0 Å². The fourth-order valence-corrected chi connectivity index (χ4v) is 2.53. The quantitative estimate of drug-likeness (QED) is 0.782. The molecule has 14 heavy (non-hydrogen) atoms. The third kappa shape index (κ3) is 1.92. The number of methoxy groups -OCH3 is 1. The molecule has 0 N–H and O–H groups in total. The van der Waals surface area contributed by atoms with E-state index in [1.807, 2.05) is 10.9 Å². The maximum atomic E-state index is 5.97. The zero-order valence-electron chi connectivity index (χ0n) is 7.91. The van der Waals surface area contributed by atoms with E-state index < -0.39 is 0 Å². The summed E-state index contributed by atoms with van der Waals surface area (Å²) in [5, 5.41) is 5.11. The summed E-state index contributed by atoms with van der Waals surface area (Å²) in [4.78, 5) is 0. The third-order valence-corrected chi connectivity index (χ3v) is 4.10. The summed E-state index contributed by atoms with van der Waals surface area (Å²) >= 11 is 8.11. The summed E-state index contributed by atoms with van der Waals surface area (Å²) in [6, 6.07) is 0.362. The molecule has 0 radical (unpaired) electrons. The van der Waals surface area contributed by atoms with E-state index in [-0.39, 0.29) is 0 Å². The van der Waals surface area contributed by atoms with Crippen molar-refractivity contribution in [3.8, 4) is 0 Å². The molecule has 1 fully saturated rings. The maximum absolute atomic E-state index is 5.97. The van der Waals surface area contributed by atoms with Crippen molar-refractivity contribution >= 4 is 34.2 Å². The van der Waals surface area contributed by atoms with E-state index in [0.29, 0.717) is 12.1 Å². The lowest BCUT2D eigenvalue weighted by Gasteiger charge is -2.18. The maximum Gasteiger partial charge on any atom is 0.141 e. The molecule has 0 amide bonds. The van der Waals surface area contributed by atoms with Gasteiger partial charge in [0.1, 0.15) is 3.70 Å². The first-order chi connectivity index (χ1) is 6.72. The van der Waals surface area contributed by atoms with Crippen LogP contribution >= 0.6 is 34.2 Å². The van der Waals surface area contributed by atoms with Crippen LogP contribution in [0.1, 0.15) is 25.3 Å². The van der Waals surface area contributed by atoms with Gasteiger partial charge in [0.05, 0.1) is 17.2 Å². The highest BCUT2D eigenvalue weighted by molar-refractivity contribution is 14.1. The van der Waals surface area contributed by atoms with Crippen LogP contribution in [0.4, 0.5) is 0 Å². The molecule has 1 aliphatic rings. The summed E-state index contributed by atoms with van der Waals surface area (Å²) < 4.78 is 8.24. The van der Waals surface area contributed by atoms with E-state index in [2.05, 4.69) is 27.7 Å². The standard InChI is InChI=1S/C9H12ClIN2O/c1-14-8-4-2-3-7(8)13-5-6(10)9(11)12-13/h5,7-8H,2-4H2,1H3.